The van der Waals surface area contributed by atoms with Gasteiger partial charge >= 0.3 is 0 Å². The molecule has 0 unspecified atom stereocenters. The number of piperidine rings is 1. The zero-order valence-corrected chi connectivity index (χ0v) is 11.2. The van der Waals surface area contributed by atoms with Crippen LogP contribution in [0.1, 0.15) is 32.3 Å². The van der Waals surface area contributed by atoms with Crippen molar-refractivity contribution in [2.75, 3.05) is 23.7 Å². The van der Waals surface area contributed by atoms with Crippen LogP contribution in [0, 0.1) is 23.2 Å². The van der Waals surface area contributed by atoms with Crippen LogP contribution in [0.5, 0.6) is 0 Å². The van der Waals surface area contributed by atoms with Crippen LogP contribution in [0.15, 0.2) is 18.2 Å². The lowest BCUT2D eigenvalue weighted by Crippen LogP contribution is -2.35. The lowest BCUT2D eigenvalue weighted by molar-refractivity contribution is 0.311. The number of nitrogens with zero attached hydrogens (tertiary/aromatic N) is 2. The molecule has 1 aliphatic heterocycles. The smallest absolute Gasteiger partial charge is 0.101 e. The fourth-order valence-electron chi connectivity index (χ4n) is 2.66. The van der Waals surface area contributed by atoms with Crippen molar-refractivity contribution >= 4 is 11.4 Å². The molecule has 0 spiro atoms. The highest BCUT2D eigenvalue weighted by Gasteiger charge is 2.21. The van der Waals surface area contributed by atoms with Gasteiger partial charge in [-0.2, -0.15) is 5.26 Å². The first-order chi connectivity index (χ1) is 8.61. The van der Waals surface area contributed by atoms with Crippen LogP contribution < -0.4 is 10.6 Å². The molecule has 18 heavy (non-hydrogen) atoms. The predicted octanol–water partition coefficient (Wildman–Crippen LogP) is 3.01. The van der Waals surface area contributed by atoms with Crippen LogP contribution >= 0.6 is 0 Å². The van der Waals surface area contributed by atoms with E-state index in [0.29, 0.717) is 11.3 Å². The molecule has 1 aromatic rings. The third-order valence-corrected chi connectivity index (χ3v) is 4.00. The fraction of sp³-hybridized carbons (Fsp3) is 0.533. The van der Waals surface area contributed by atoms with Crippen molar-refractivity contribution in [3.05, 3.63) is 23.8 Å². The van der Waals surface area contributed by atoms with Crippen molar-refractivity contribution in [1.29, 1.82) is 5.26 Å². The molecule has 0 amide bonds. The summed E-state index contributed by atoms with van der Waals surface area (Å²) < 4.78 is 0. The van der Waals surface area contributed by atoms with Gasteiger partial charge in [0.15, 0.2) is 0 Å². The van der Waals surface area contributed by atoms with Gasteiger partial charge in [-0.1, -0.05) is 13.8 Å². The number of nitrogens with two attached hydrogens (primary N) is 1. The van der Waals surface area contributed by atoms with Gasteiger partial charge in [-0.3, -0.25) is 0 Å². The molecular weight excluding hydrogens is 222 g/mol. The lowest BCUT2D eigenvalue weighted by atomic mass is 9.86. The Hall–Kier alpha value is -1.69. The summed E-state index contributed by atoms with van der Waals surface area (Å²) in [6.07, 6.45) is 2.48. The van der Waals surface area contributed by atoms with Gasteiger partial charge in [0.25, 0.3) is 0 Å². The number of rotatable bonds is 2. The molecule has 0 bridgehead atoms. The molecule has 0 saturated carbocycles. The summed E-state index contributed by atoms with van der Waals surface area (Å²) >= 11 is 0. The van der Waals surface area contributed by atoms with Crippen LogP contribution in [-0.4, -0.2) is 13.1 Å². The quantitative estimate of drug-likeness (QED) is 0.812. The van der Waals surface area contributed by atoms with E-state index in [2.05, 4.69) is 24.8 Å². The summed E-state index contributed by atoms with van der Waals surface area (Å²) in [7, 11) is 0. The molecule has 1 saturated heterocycles. The van der Waals surface area contributed by atoms with Gasteiger partial charge in [-0.15, -0.1) is 0 Å². The molecule has 2 rings (SSSR count). The summed E-state index contributed by atoms with van der Waals surface area (Å²) in [5, 5.41) is 9.01. The first-order valence-electron chi connectivity index (χ1n) is 6.66. The van der Waals surface area contributed by atoms with Crippen molar-refractivity contribution in [2.45, 2.75) is 26.7 Å². The maximum absolute atomic E-state index is 9.01. The summed E-state index contributed by atoms with van der Waals surface area (Å²) in [5.74, 6) is 1.61. The van der Waals surface area contributed by atoms with Gasteiger partial charge in [0.2, 0.25) is 0 Å². The first-order valence-corrected chi connectivity index (χ1v) is 6.66. The maximum atomic E-state index is 9.01. The largest absolute Gasteiger partial charge is 0.398 e. The highest BCUT2D eigenvalue weighted by Crippen LogP contribution is 2.29. The van der Waals surface area contributed by atoms with E-state index in [-0.39, 0.29) is 0 Å². The normalized spacial score (nSPS) is 16.9. The molecule has 3 heteroatoms. The van der Waals surface area contributed by atoms with Crippen LogP contribution in [0.2, 0.25) is 0 Å². The Balaban J connectivity index is 2.08. The molecular formula is C15H21N3. The molecule has 0 radical (unpaired) electrons. The number of nitrogen functional groups attached to an aromatic ring is 1. The Labute approximate surface area is 109 Å². The number of nitriles is 1. The second kappa shape index (κ2) is 5.30. The maximum Gasteiger partial charge on any atom is 0.101 e. The SMILES string of the molecule is CC(C)C1CCN(c2ccc(N)c(C#N)c2)CC1. The van der Waals surface area contributed by atoms with Crippen molar-refractivity contribution in [1.82, 2.24) is 0 Å². The van der Waals surface area contributed by atoms with E-state index >= 15 is 0 Å². The Morgan fingerprint density at radius 3 is 2.56 bits per heavy atom. The Morgan fingerprint density at radius 1 is 1.33 bits per heavy atom. The molecule has 3 nitrogen and oxygen atoms in total. The molecule has 0 aliphatic carbocycles. The van der Waals surface area contributed by atoms with Gasteiger partial charge < -0.3 is 10.6 Å². The highest BCUT2D eigenvalue weighted by molar-refractivity contribution is 5.62. The molecule has 1 aromatic carbocycles. The molecule has 1 aliphatic rings. The zero-order valence-electron chi connectivity index (χ0n) is 11.2. The number of anilines is 2. The second-order valence-corrected chi connectivity index (χ2v) is 5.45. The number of hydrogen-bond donors (Lipinski definition) is 1. The minimum Gasteiger partial charge on any atom is -0.398 e. The van der Waals surface area contributed by atoms with E-state index in [1.807, 2.05) is 18.2 Å². The van der Waals surface area contributed by atoms with E-state index in [9.17, 15) is 0 Å². The van der Waals surface area contributed by atoms with E-state index in [0.717, 1.165) is 30.6 Å². The van der Waals surface area contributed by atoms with E-state index in [1.54, 1.807) is 0 Å². The van der Waals surface area contributed by atoms with Crippen LogP contribution in [0.25, 0.3) is 0 Å². The molecule has 0 aromatic heterocycles. The zero-order chi connectivity index (χ0) is 13.1. The van der Waals surface area contributed by atoms with Gasteiger partial charge in [0.05, 0.1) is 5.56 Å². The molecule has 1 fully saturated rings. The molecule has 1 heterocycles. The van der Waals surface area contributed by atoms with Crippen LogP contribution in [0.4, 0.5) is 11.4 Å². The predicted molar refractivity (Wildman–Crippen MR) is 75.3 cm³/mol. The van der Waals surface area contributed by atoms with Crippen LogP contribution in [-0.2, 0) is 0 Å². The first kappa shape index (κ1) is 12.8. The highest BCUT2D eigenvalue weighted by atomic mass is 15.1. The summed E-state index contributed by atoms with van der Waals surface area (Å²) in [6, 6.07) is 7.91. The molecule has 0 atom stereocenters. The van der Waals surface area contributed by atoms with Crippen molar-refractivity contribution in [3.8, 4) is 6.07 Å². The van der Waals surface area contributed by atoms with Gasteiger partial charge in [-0.05, 0) is 42.9 Å². The summed E-state index contributed by atoms with van der Waals surface area (Å²) in [4.78, 5) is 2.36. The standard InChI is InChI=1S/C15H21N3/c1-11(2)12-5-7-18(8-6-12)14-3-4-15(17)13(9-14)10-16/h3-4,9,11-12H,5-8,17H2,1-2H3. The van der Waals surface area contributed by atoms with Crippen molar-refractivity contribution in [3.63, 3.8) is 0 Å². The Kier molecular flexibility index (Phi) is 3.76. The second-order valence-electron chi connectivity index (χ2n) is 5.45. The van der Waals surface area contributed by atoms with E-state index in [4.69, 9.17) is 11.0 Å². The topological polar surface area (TPSA) is 53.0 Å². The van der Waals surface area contributed by atoms with Gasteiger partial charge in [0.1, 0.15) is 6.07 Å². The third kappa shape index (κ3) is 2.59. The average Bonchev–Trinajstić information content (AvgIpc) is 2.39. The average molecular weight is 243 g/mol. The summed E-state index contributed by atoms with van der Waals surface area (Å²) in [5.41, 5.74) is 8.03. The molecule has 2 N–H and O–H groups in total. The van der Waals surface area contributed by atoms with E-state index < -0.39 is 0 Å². The minimum atomic E-state index is 0.568. The van der Waals surface area contributed by atoms with E-state index in [1.165, 1.54) is 12.8 Å². The Morgan fingerprint density at radius 2 is 2.00 bits per heavy atom. The Bertz CT molecular complexity index is 451. The number of benzene rings is 1. The minimum absolute atomic E-state index is 0.568. The molecule has 96 valence electrons. The van der Waals surface area contributed by atoms with Crippen molar-refractivity contribution in [2.24, 2.45) is 11.8 Å². The third-order valence-electron chi connectivity index (χ3n) is 4.00. The fourth-order valence-corrected chi connectivity index (χ4v) is 2.66. The van der Waals surface area contributed by atoms with Crippen LogP contribution in [0.3, 0.4) is 0 Å². The monoisotopic (exact) mass is 243 g/mol. The van der Waals surface area contributed by atoms with Gasteiger partial charge in [-0.25, -0.2) is 0 Å². The van der Waals surface area contributed by atoms with Crippen molar-refractivity contribution < 1.29 is 0 Å². The summed E-state index contributed by atoms with van der Waals surface area (Å²) in [6.45, 7) is 6.77. The number of hydrogen-bond acceptors (Lipinski definition) is 3. The lowest BCUT2D eigenvalue weighted by Gasteiger charge is -2.35. The van der Waals surface area contributed by atoms with Gasteiger partial charge in [0, 0.05) is 24.5 Å².